The third-order valence-electron chi connectivity index (χ3n) is 4.30. The number of amides is 1. The number of anilines is 1. The summed E-state index contributed by atoms with van der Waals surface area (Å²) in [6, 6.07) is 2.21. The molecule has 148 valence electrons. The second-order valence-electron chi connectivity index (χ2n) is 6.72. The number of benzene rings is 1. The summed E-state index contributed by atoms with van der Waals surface area (Å²) in [5.41, 5.74) is -0.912. The molecule has 2 saturated heterocycles. The van der Waals surface area contributed by atoms with Crippen LogP contribution in [0.4, 0.5) is 18.9 Å². The van der Waals surface area contributed by atoms with E-state index in [1.165, 1.54) is 4.90 Å². The van der Waals surface area contributed by atoms with Gasteiger partial charge >= 0.3 is 6.18 Å². The summed E-state index contributed by atoms with van der Waals surface area (Å²) in [6.45, 7) is 3.30. The number of fused-ring (bicyclic) bond motifs is 1. The maximum Gasteiger partial charge on any atom is 0.416 e. The van der Waals surface area contributed by atoms with Gasteiger partial charge in [0.25, 0.3) is 5.91 Å². The third-order valence-corrected chi connectivity index (χ3v) is 7.83. The Balaban J connectivity index is 2.12. The van der Waals surface area contributed by atoms with Crippen LogP contribution in [0.3, 0.4) is 0 Å². The highest BCUT2D eigenvalue weighted by Crippen LogP contribution is 2.44. The summed E-state index contributed by atoms with van der Waals surface area (Å²) in [5, 5.41) is -0.211. The summed E-state index contributed by atoms with van der Waals surface area (Å²) in [6.07, 6.45) is -4.58. The molecule has 11 heteroatoms. The highest BCUT2D eigenvalue weighted by molar-refractivity contribution is 8.16. The van der Waals surface area contributed by atoms with Crippen LogP contribution in [0.5, 0.6) is 0 Å². The number of hydrogen-bond acceptors (Lipinski definition) is 4. The first-order valence-corrected chi connectivity index (χ1v) is 11.1. The molecule has 0 aliphatic carbocycles. The third kappa shape index (κ3) is 4.12. The second kappa shape index (κ2) is 6.97. The SMILES string of the molecule is CC(C)C(=O)N=C1S[C@H]2CS(=O)(=O)C[C@H]2N1c1cc(C(F)(F)F)ccc1Cl. The number of halogens is 4. The number of carbonyl (C=O) groups is 1. The van der Waals surface area contributed by atoms with Gasteiger partial charge in [0.1, 0.15) is 0 Å². The number of hydrogen-bond donors (Lipinski definition) is 0. The van der Waals surface area contributed by atoms with Crippen LogP contribution in [0.1, 0.15) is 19.4 Å². The Kier molecular flexibility index (Phi) is 5.28. The van der Waals surface area contributed by atoms with E-state index in [4.69, 9.17) is 11.6 Å². The second-order valence-corrected chi connectivity index (χ2v) is 10.5. The predicted octanol–water partition coefficient (Wildman–Crippen LogP) is 3.62. The zero-order valence-corrected chi connectivity index (χ0v) is 16.7. The van der Waals surface area contributed by atoms with E-state index >= 15 is 0 Å². The Hall–Kier alpha value is -1.26. The normalized spacial score (nSPS) is 26.0. The fourth-order valence-electron chi connectivity index (χ4n) is 2.94. The Morgan fingerprint density at radius 2 is 2.00 bits per heavy atom. The maximum absolute atomic E-state index is 13.1. The minimum absolute atomic E-state index is 0.00102. The van der Waals surface area contributed by atoms with E-state index in [2.05, 4.69) is 4.99 Å². The van der Waals surface area contributed by atoms with Crippen molar-refractivity contribution in [1.29, 1.82) is 0 Å². The monoisotopic (exact) mass is 440 g/mol. The van der Waals surface area contributed by atoms with Crippen LogP contribution in [0.25, 0.3) is 0 Å². The number of amidine groups is 1. The molecule has 0 aromatic heterocycles. The van der Waals surface area contributed by atoms with E-state index < -0.39 is 44.7 Å². The van der Waals surface area contributed by atoms with Gasteiger partial charge in [0.05, 0.1) is 33.8 Å². The minimum Gasteiger partial charge on any atom is -0.314 e. The fraction of sp³-hybridized carbons (Fsp3) is 0.500. The Labute approximate surface area is 163 Å². The molecule has 0 spiro atoms. The van der Waals surface area contributed by atoms with Gasteiger partial charge in [-0.2, -0.15) is 18.2 Å². The lowest BCUT2D eigenvalue weighted by molar-refractivity contribution is -0.137. The summed E-state index contributed by atoms with van der Waals surface area (Å²) in [7, 11) is -3.33. The first kappa shape index (κ1) is 20.5. The molecule has 2 heterocycles. The standard InChI is InChI=1S/C16H16ClF3N2O3S2/c1-8(2)14(23)21-15-22(12-6-27(24,25)7-13(12)26-15)11-5-9(16(18,19)20)3-4-10(11)17/h3-5,8,12-13H,6-7H2,1-2H3/t12-,13+/m1/s1. The molecule has 3 rings (SSSR count). The minimum atomic E-state index is -4.58. The van der Waals surface area contributed by atoms with Crippen molar-refractivity contribution >= 4 is 50.0 Å². The average Bonchev–Trinajstić information content (AvgIpc) is 2.97. The van der Waals surface area contributed by atoms with E-state index in [0.29, 0.717) is 0 Å². The van der Waals surface area contributed by atoms with Crippen molar-refractivity contribution < 1.29 is 26.4 Å². The van der Waals surface area contributed by atoms with Gasteiger partial charge in [-0.05, 0) is 18.2 Å². The molecule has 0 bridgehead atoms. The summed E-state index contributed by atoms with van der Waals surface area (Å²) in [4.78, 5) is 17.5. The lowest BCUT2D eigenvalue weighted by atomic mass is 10.1. The first-order chi connectivity index (χ1) is 12.4. The van der Waals surface area contributed by atoms with Gasteiger partial charge < -0.3 is 4.90 Å². The van der Waals surface area contributed by atoms with Gasteiger partial charge in [-0.25, -0.2) is 8.42 Å². The molecular formula is C16H16ClF3N2O3S2. The molecule has 2 aliphatic rings. The van der Waals surface area contributed by atoms with Gasteiger partial charge in [-0.3, -0.25) is 4.79 Å². The molecule has 1 aromatic rings. The highest BCUT2D eigenvalue weighted by atomic mass is 35.5. The molecule has 1 aromatic carbocycles. The van der Waals surface area contributed by atoms with Crippen molar-refractivity contribution in [3.8, 4) is 0 Å². The summed E-state index contributed by atoms with van der Waals surface area (Å²) < 4.78 is 63.5. The lowest BCUT2D eigenvalue weighted by Crippen LogP contribution is -2.38. The van der Waals surface area contributed by atoms with E-state index in [-0.39, 0.29) is 27.4 Å². The number of nitrogens with zero attached hydrogens (tertiary/aromatic N) is 2. The zero-order valence-electron chi connectivity index (χ0n) is 14.3. The number of carbonyl (C=O) groups excluding carboxylic acids is 1. The van der Waals surface area contributed by atoms with Crippen LogP contribution < -0.4 is 4.90 Å². The lowest BCUT2D eigenvalue weighted by Gasteiger charge is -2.26. The number of sulfone groups is 1. The van der Waals surface area contributed by atoms with E-state index in [9.17, 15) is 26.4 Å². The smallest absolute Gasteiger partial charge is 0.314 e. The first-order valence-electron chi connectivity index (χ1n) is 8.04. The molecule has 1 amide bonds. The number of alkyl halides is 3. The molecule has 2 fully saturated rings. The molecule has 0 N–H and O–H groups in total. The largest absolute Gasteiger partial charge is 0.416 e. The van der Waals surface area contributed by atoms with E-state index in [1.54, 1.807) is 13.8 Å². The Morgan fingerprint density at radius 3 is 2.59 bits per heavy atom. The maximum atomic E-state index is 13.1. The van der Waals surface area contributed by atoms with E-state index in [1.807, 2.05) is 0 Å². The van der Waals surface area contributed by atoms with Crippen molar-refractivity contribution in [2.45, 2.75) is 31.3 Å². The molecule has 0 radical (unpaired) electrons. The van der Waals surface area contributed by atoms with Crippen molar-refractivity contribution in [2.75, 3.05) is 16.4 Å². The van der Waals surface area contributed by atoms with Crippen molar-refractivity contribution in [3.63, 3.8) is 0 Å². The zero-order chi connectivity index (χ0) is 20.1. The average molecular weight is 441 g/mol. The Morgan fingerprint density at radius 1 is 1.33 bits per heavy atom. The fourth-order valence-corrected chi connectivity index (χ4v) is 7.06. The van der Waals surface area contributed by atoms with Crippen LogP contribution >= 0.6 is 23.4 Å². The summed E-state index contributed by atoms with van der Waals surface area (Å²) in [5.74, 6) is -1.19. The van der Waals surface area contributed by atoms with Crippen molar-refractivity contribution in [2.24, 2.45) is 10.9 Å². The number of rotatable bonds is 2. The van der Waals surface area contributed by atoms with Crippen molar-refractivity contribution in [3.05, 3.63) is 28.8 Å². The summed E-state index contributed by atoms with van der Waals surface area (Å²) >= 11 is 7.23. The van der Waals surface area contributed by atoms with Crippen LogP contribution in [0.2, 0.25) is 5.02 Å². The molecule has 2 aliphatic heterocycles. The van der Waals surface area contributed by atoms with Crippen LogP contribution in [-0.4, -0.2) is 42.3 Å². The molecule has 27 heavy (non-hydrogen) atoms. The van der Waals surface area contributed by atoms with Gasteiger partial charge in [0, 0.05) is 11.2 Å². The molecular weight excluding hydrogens is 425 g/mol. The van der Waals surface area contributed by atoms with Gasteiger partial charge in [-0.1, -0.05) is 37.2 Å². The van der Waals surface area contributed by atoms with Crippen molar-refractivity contribution in [1.82, 2.24) is 0 Å². The topological polar surface area (TPSA) is 66.8 Å². The van der Waals surface area contributed by atoms with E-state index in [0.717, 1.165) is 30.0 Å². The van der Waals surface area contributed by atoms with Crippen LogP contribution in [0, 0.1) is 5.92 Å². The molecule has 5 nitrogen and oxygen atoms in total. The quantitative estimate of drug-likeness (QED) is 0.702. The predicted molar refractivity (Wildman–Crippen MR) is 100 cm³/mol. The Bertz CT molecular complexity index is 916. The number of aliphatic imine (C=N–C) groups is 1. The van der Waals surface area contributed by atoms with Crippen LogP contribution in [0.15, 0.2) is 23.2 Å². The number of thioether (sulfide) groups is 1. The highest BCUT2D eigenvalue weighted by Gasteiger charge is 2.50. The molecule has 0 saturated carbocycles. The molecule has 0 unspecified atom stereocenters. The van der Waals surface area contributed by atoms with Gasteiger partial charge in [0.15, 0.2) is 15.0 Å². The molecule has 2 atom stereocenters. The van der Waals surface area contributed by atoms with Gasteiger partial charge in [0.2, 0.25) is 0 Å². The van der Waals surface area contributed by atoms with Gasteiger partial charge in [-0.15, -0.1) is 0 Å². The van der Waals surface area contributed by atoms with Crippen LogP contribution in [-0.2, 0) is 20.8 Å².